The molecule has 1 amide bonds. The normalized spacial score (nSPS) is 20.6. The van der Waals surface area contributed by atoms with Crippen molar-refractivity contribution in [3.05, 3.63) is 35.9 Å². The molecule has 0 unspecified atom stereocenters. The molecule has 1 aromatic carbocycles. The highest BCUT2D eigenvalue weighted by Crippen LogP contribution is 2.50. The molecule has 1 aliphatic carbocycles. The fraction of sp³-hybridized carbons (Fsp3) is 0.588. The van der Waals surface area contributed by atoms with Gasteiger partial charge in [-0.05, 0) is 36.7 Å². The maximum Gasteiger partial charge on any atom is 0.410 e. The minimum Gasteiger partial charge on any atom is -0.445 e. The van der Waals surface area contributed by atoms with Gasteiger partial charge >= 0.3 is 6.09 Å². The first-order valence-corrected chi connectivity index (χ1v) is 10.0. The van der Waals surface area contributed by atoms with Crippen LogP contribution in [0.3, 0.4) is 0 Å². The number of carbonyl (C=O) groups is 1. The third-order valence-corrected chi connectivity index (χ3v) is 5.54. The summed E-state index contributed by atoms with van der Waals surface area (Å²) in [4.78, 5) is 13.9. The van der Waals surface area contributed by atoms with E-state index in [1.54, 1.807) is 4.90 Å². The Morgan fingerprint density at radius 3 is 2.42 bits per heavy atom. The lowest BCUT2D eigenvalue weighted by Crippen LogP contribution is -2.51. The molecule has 0 aromatic heterocycles. The fourth-order valence-electron chi connectivity index (χ4n) is 3.60. The van der Waals surface area contributed by atoms with Crippen molar-refractivity contribution in [2.24, 2.45) is 5.41 Å². The van der Waals surface area contributed by atoms with E-state index in [9.17, 15) is 13.2 Å². The Bertz CT molecular complexity index is 672. The first-order chi connectivity index (χ1) is 11.4. The number of hydrogen-bond donors (Lipinski definition) is 0. The van der Waals surface area contributed by atoms with Crippen molar-refractivity contribution in [2.75, 3.05) is 19.3 Å². The lowest BCUT2D eigenvalue weighted by molar-refractivity contribution is -0.0505. The van der Waals surface area contributed by atoms with Gasteiger partial charge in [-0.25, -0.2) is 4.79 Å². The van der Waals surface area contributed by atoms with Gasteiger partial charge < -0.3 is 9.64 Å². The van der Waals surface area contributed by atoms with Crippen molar-refractivity contribution in [3.63, 3.8) is 0 Å². The molecule has 0 radical (unpaired) electrons. The van der Waals surface area contributed by atoms with Crippen molar-refractivity contribution in [1.82, 2.24) is 4.90 Å². The van der Waals surface area contributed by atoms with Gasteiger partial charge in [-0.3, -0.25) is 4.18 Å². The molecule has 0 N–H and O–H groups in total. The minimum atomic E-state index is -3.38. The SMILES string of the molecule is CS(=O)(=O)OC1CC2(CCN(C(=O)OCc3ccccc3)CC2)C1. The maximum atomic E-state index is 12.1. The molecule has 1 spiro atoms. The molecule has 0 bridgehead atoms. The zero-order valence-corrected chi connectivity index (χ0v) is 14.6. The van der Waals surface area contributed by atoms with E-state index in [4.69, 9.17) is 8.92 Å². The lowest BCUT2D eigenvalue weighted by atomic mass is 9.61. The van der Waals surface area contributed by atoms with Gasteiger partial charge in [-0.2, -0.15) is 8.42 Å². The average Bonchev–Trinajstić information content (AvgIpc) is 2.51. The molecular weight excluding hydrogens is 330 g/mol. The summed E-state index contributed by atoms with van der Waals surface area (Å²) in [6, 6.07) is 9.61. The largest absolute Gasteiger partial charge is 0.445 e. The summed E-state index contributed by atoms with van der Waals surface area (Å²) in [7, 11) is -3.38. The van der Waals surface area contributed by atoms with E-state index in [0.717, 1.165) is 37.5 Å². The molecule has 0 atom stereocenters. The first-order valence-electron chi connectivity index (χ1n) is 8.19. The number of ether oxygens (including phenoxy) is 1. The molecule has 3 rings (SSSR count). The summed E-state index contributed by atoms with van der Waals surface area (Å²) in [5.41, 5.74) is 1.10. The molecule has 6 nitrogen and oxygen atoms in total. The summed E-state index contributed by atoms with van der Waals surface area (Å²) in [6.45, 7) is 1.59. The van der Waals surface area contributed by atoms with Gasteiger partial charge in [0.15, 0.2) is 0 Å². The number of amides is 1. The van der Waals surface area contributed by atoms with E-state index in [0.29, 0.717) is 13.1 Å². The molecule has 24 heavy (non-hydrogen) atoms. The predicted octanol–water partition coefficient (Wildman–Crippen LogP) is 2.54. The zero-order valence-electron chi connectivity index (χ0n) is 13.8. The highest BCUT2D eigenvalue weighted by molar-refractivity contribution is 7.86. The highest BCUT2D eigenvalue weighted by atomic mass is 32.2. The van der Waals surface area contributed by atoms with Gasteiger partial charge in [0.2, 0.25) is 0 Å². The quantitative estimate of drug-likeness (QED) is 0.778. The van der Waals surface area contributed by atoms with Gasteiger partial charge in [-0.15, -0.1) is 0 Å². The number of likely N-dealkylation sites (tertiary alicyclic amines) is 1. The van der Waals surface area contributed by atoms with E-state index in [1.165, 1.54) is 0 Å². The topological polar surface area (TPSA) is 72.9 Å². The van der Waals surface area contributed by atoms with E-state index in [2.05, 4.69) is 0 Å². The van der Waals surface area contributed by atoms with Crippen LogP contribution in [0.15, 0.2) is 30.3 Å². The van der Waals surface area contributed by atoms with Crippen molar-refractivity contribution < 1.29 is 22.1 Å². The van der Waals surface area contributed by atoms with Crippen molar-refractivity contribution >= 4 is 16.2 Å². The van der Waals surface area contributed by atoms with E-state index in [-0.39, 0.29) is 24.2 Å². The van der Waals surface area contributed by atoms with Crippen LogP contribution in [0.4, 0.5) is 4.79 Å². The van der Waals surface area contributed by atoms with Crippen LogP contribution in [-0.2, 0) is 25.6 Å². The predicted molar refractivity (Wildman–Crippen MR) is 88.8 cm³/mol. The molecular formula is C17H23NO5S. The fourth-order valence-corrected chi connectivity index (χ4v) is 4.23. The Kier molecular flexibility index (Phi) is 4.83. The second kappa shape index (κ2) is 6.72. The summed E-state index contributed by atoms with van der Waals surface area (Å²) in [5, 5.41) is 0. The maximum absolute atomic E-state index is 12.1. The summed E-state index contributed by atoms with van der Waals surface area (Å²) in [6.07, 6.45) is 3.87. The van der Waals surface area contributed by atoms with Crippen LogP contribution in [0.25, 0.3) is 0 Å². The van der Waals surface area contributed by atoms with Crippen molar-refractivity contribution in [3.8, 4) is 0 Å². The third-order valence-electron chi connectivity index (χ3n) is 4.92. The third kappa shape index (κ3) is 4.27. The van der Waals surface area contributed by atoms with E-state index >= 15 is 0 Å². The number of hydrogen-bond acceptors (Lipinski definition) is 5. The molecule has 2 aliphatic rings. The zero-order chi connectivity index (χ0) is 17.2. The summed E-state index contributed by atoms with van der Waals surface area (Å²) < 4.78 is 32.7. The Labute approximate surface area is 142 Å². The number of carbonyl (C=O) groups excluding carboxylic acids is 1. The van der Waals surface area contributed by atoms with Crippen molar-refractivity contribution in [1.29, 1.82) is 0 Å². The average molecular weight is 353 g/mol. The van der Waals surface area contributed by atoms with Crippen LogP contribution >= 0.6 is 0 Å². The lowest BCUT2D eigenvalue weighted by Gasteiger charge is -2.51. The minimum absolute atomic E-state index is 0.131. The molecule has 2 fully saturated rings. The Morgan fingerprint density at radius 2 is 1.83 bits per heavy atom. The van der Waals surface area contributed by atoms with E-state index < -0.39 is 10.1 Å². The second-order valence-electron chi connectivity index (χ2n) is 6.86. The van der Waals surface area contributed by atoms with Crippen LogP contribution < -0.4 is 0 Å². The van der Waals surface area contributed by atoms with E-state index in [1.807, 2.05) is 30.3 Å². The van der Waals surface area contributed by atoms with Gasteiger partial charge in [0.05, 0.1) is 12.4 Å². The summed E-state index contributed by atoms with van der Waals surface area (Å²) in [5.74, 6) is 0. The molecule has 1 aromatic rings. The highest BCUT2D eigenvalue weighted by Gasteiger charge is 2.48. The first kappa shape index (κ1) is 17.2. The van der Waals surface area contributed by atoms with Crippen LogP contribution in [0.2, 0.25) is 0 Å². The molecule has 1 saturated heterocycles. The Morgan fingerprint density at radius 1 is 1.21 bits per heavy atom. The van der Waals surface area contributed by atoms with Crippen molar-refractivity contribution in [2.45, 2.75) is 38.4 Å². The number of piperidine rings is 1. The van der Waals surface area contributed by atoms with Gasteiger partial charge in [0.1, 0.15) is 6.61 Å². The van der Waals surface area contributed by atoms with Crippen LogP contribution in [0, 0.1) is 5.41 Å². The van der Waals surface area contributed by atoms with Crippen LogP contribution in [0.5, 0.6) is 0 Å². The Balaban J connectivity index is 1.42. The molecule has 1 saturated carbocycles. The number of benzene rings is 1. The monoisotopic (exact) mass is 353 g/mol. The molecule has 1 heterocycles. The van der Waals surface area contributed by atoms with Gasteiger partial charge in [-0.1, -0.05) is 30.3 Å². The second-order valence-corrected chi connectivity index (χ2v) is 8.46. The molecule has 1 aliphatic heterocycles. The van der Waals surface area contributed by atoms with Crippen LogP contribution in [0.1, 0.15) is 31.2 Å². The van der Waals surface area contributed by atoms with Gasteiger partial charge in [0, 0.05) is 13.1 Å². The smallest absolute Gasteiger partial charge is 0.410 e. The van der Waals surface area contributed by atoms with Crippen LogP contribution in [-0.4, -0.2) is 44.9 Å². The number of nitrogens with zero attached hydrogens (tertiary/aromatic N) is 1. The molecule has 7 heteroatoms. The molecule has 132 valence electrons. The Hall–Kier alpha value is -1.60. The van der Waals surface area contributed by atoms with Gasteiger partial charge in [0.25, 0.3) is 10.1 Å². The standard InChI is InChI=1S/C17H23NO5S/c1-24(20,21)23-15-11-17(12-15)7-9-18(10-8-17)16(19)22-13-14-5-3-2-4-6-14/h2-6,15H,7-13H2,1H3. The number of rotatable bonds is 4. The summed E-state index contributed by atoms with van der Waals surface area (Å²) >= 11 is 0.